The number of likely N-dealkylation sites (N-methyl/N-ethyl adjacent to an activating group) is 1. The van der Waals surface area contributed by atoms with Crippen LogP contribution in [0.3, 0.4) is 0 Å². The summed E-state index contributed by atoms with van der Waals surface area (Å²) in [7, 11) is 2.13. The first-order valence-corrected chi connectivity index (χ1v) is 14.4. The third-order valence-electron chi connectivity index (χ3n) is 8.62. The Balaban J connectivity index is 1.33. The van der Waals surface area contributed by atoms with Crippen LogP contribution < -0.4 is 14.5 Å². The molecule has 3 aliphatic heterocycles. The predicted molar refractivity (Wildman–Crippen MR) is 158 cm³/mol. The molecular formula is C31H36N8O2. The third kappa shape index (κ3) is 5.42. The van der Waals surface area contributed by atoms with Gasteiger partial charge in [-0.3, -0.25) is 9.78 Å². The van der Waals surface area contributed by atoms with E-state index in [0.717, 1.165) is 59.6 Å². The number of fused-ring (bicyclic) bond motifs is 2. The molecule has 6 rings (SSSR count). The molecular weight excluding hydrogens is 516 g/mol. The van der Waals surface area contributed by atoms with Gasteiger partial charge in [0.15, 0.2) is 0 Å². The monoisotopic (exact) mass is 552 g/mol. The van der Waals surface area contributed by atoms with Crippen LogP contribution in [-0.2, 0) is 17.8 Å². The highest BCUT2D eigenvalue weighted by molar-refractivity contribution is 5.91. The number of rotatable bonds is 7. The molecule has 212 valence electrons. The minimum absolute atomic E-state index is 0.140. The Morgan fingerprint density at radius 1 is 1.15 bits per heavy atom. The first-order valence-electron chi connectivity index (χ1n) is 14.4. The van der Waals surface area contributed by atoms with Gasteiger partial charge in [-0.2, -0.15) is 15.2 Å². The number of nitrogens with zero attached hydrogens (tertiary/aromatic N) is 8. The molecule has 2 aromatic heterocycles. The van der Waals surface area contributed by atoms with Crippen LogP contribution in [0.5, 0.6) is 6.01 Å². The lowest BCUT2D eigenvalue weighted by Crippen LogP contribution is -2.55. The van der Waals surface area contributed by atoms with Crippen LogP contribution in [0.1, 0.15) is 30.5 Å². The summed E-state index contributed by atoms with van der Waals surface area (Å²) in [5.74, 6) is 0.716. The van der Waals surface area contributed by atoms with Crippen molar-refractivity contribution in [1.82, 2.24) is 24.8 Å². The Labute approximate surface area is 240 Å². The number of likely N-dealkylation sites (tertiary alicyclic amines) is 1. The summed E-state index contributed by atoms with van der Waals surface area (Å²) < 4.78 is 6.27. The Hall–Kier alpha value is -4.23. The molecule has 0 N–H and O–H groups in total. The van der Waals surface area contributed by atoms with E-state index in [1.54, 1.807) is 4.90 Å². The van der Waals surface area contributed by atoms with E-state index < -0.39 is 0 Å². The lowest BCUT2D eigenvalue weighted by molar-refractivity contribution is -0.128. The van der Waals surface area contributed by atoms with Gasteiger partial charge in [0.2, 0.25) is 5.91 Å². The van der Waals surface area contributed by atoms with E-state index in [1.165, 1.54) is 12.5 Å². The fourth-order valence-electron chi connectivity index (χ4n) is 6.36. The van der Waals surface area contributed by atoms with Crippen molar-refractivity contribution in [1.29, 1.82) is 5.26 Å². The molecule has 1 aromatic carbocycles. The van der Waals surface area contributed by atoms with Crippen LogP contribution in [0.2, 0.25) is 0 Å². The second-order valence-corrected chi connectivity index (χ2v) is 11.1. The first kappa shape index (κ1) is 27.0. The zero-order valence-corrected chi connectivity index (χ0v) is 23.6. The van der Waals surface area contributed by atoms with Crippen molar-refractivity contribution in [3.63, 3.8) is 0 Å². The van der Waals surface area contributed by atoms with Gasteiger partial charge < -0.3 is 24.3 Å². The lowest BCUT2D eigenvalue weighted by atomic mass is 10.0. The standard InChI is InChI=1S/C31H36N8O2/c1-3-28(40)39-18-17-38(19-23(39)11-13-32)30-25-12-16-37(27-10-4-7-22-8-5-14-33-29(22)27)20-26(25)34-31(35-30)41-21-24-9-6-15-36(24)2/h3-5,7-8,10,14,23-24H,1,6,9,11-12,15-21H2,2H3/t23?,24-/m0/s1. The molecule has 3 aliphatic rings. The Kier molecular flexibility index (Phi) is 7.70. The van der Waals surface area contributed by atoms with Gasteiger partial charge in [-0.15, -0.1) is 0 Å². The van der Waals surface area contributed by atoms with Crippen LogP contribution in [0.4, 0.5) is 11.5 Å². The quantitative estimate of drug-likeness (QED) is 0.409. The summed E-state index contributed by atoms with van der Waals surface area (Å²) >= 11 is 0. The van der Waals surface area contributed by atoms with Crippen LogP contribution in [0, 0.1) is 11.3 Å². The van der Waals surface area contributed by atoms with Crippen LogP contribution in [-0.4, -0.2) is 89.1 Å². The maximum absolute atomic E-state index is 12.5. The minimum atomic E-state index is -0.233. The molecule has 2 fully saturated rings. The largest absolute Gasteiger partial charge is 0.462 e. The molecule has 3 aromatic rings. The Bertz CT molecular complexity index is 1480. The van der Waals surface area contributed by atoms with E-state index in [9.17, 15) is 10.1 Å². The van der Waals surface area contributed by atoms with Crippen LogP contribution in [0.15, 0.2) is 49.2 Å². The fraction of sp³-hybridized carbons (Fsp3) is 0.452. The maximum Gasteiger partial charge on any atom is 0.318 e. The highest BCUT2D eigenvalue weighted by atomic mass is 16.5. The van der Waals surface area contributed by atoms with Gasteiger partial charge in [0.1, 0.15) is 12.4 Å². The van der Waals surface area contributed by atoms with Gasteiger partial charge in [-0.1, -0.05) is 24.8 Å². The zero-order valence-electron chi connectivity index (χ0n) is 23.6. The number of anilines is 2. The number of benzene rings is 1. The van der Waals surface area contributed by atoms with E-state index in [1.807, 2.05) is 12.3 Å². The number of amides is 1. The topological polar surface area (TPSA) is 102 Å². The van der Waals surface area contributed by atoms with Crippen molar-refractivity contribution in [2.45, 2.75) is 44.3 Å². The first-order chi connectivity index (χ1) is 20.1. The van der Waals surface area contributed by atoms with Gasteiger partial charge in [0.25, 0.3) is 0 Å². The molecule has 1 unspecified atom stereocenters. The van der Waals surface area contributed by atoms with Crippen LogP contribution >= 0.6 is 0 Å². The molecule has 0 radical (unpaired) electrons. The predicted octanol–water partition coefficient (Wildman–Crippen LogP) is 3.18. The van der Waals surface area contributed by atoms with E-state index in [0.29, 0.717) is 44.8 Å². The summed E-state index contributed by atoms with van der Waals surface area (Å²) in [6.07, 6.45) is 6.46. The zero-order chi connectivity index (χ0) is 28.3. The molecule has 10 nitrogen and oxygen atoms in total. The van der Waals surface area contributed by atoms with Gasteiger partial charge >= 0.3 is 6.01 Å². The van der Waals surface area contributed by atoms with Crippen molar-refractivity contribution >= 4 is 28.3 Å². The number of nitriles is 1. The van der Waals surface area contributed by atoms with Crippen molar-refractivity contribution in [3.05, 3.63) is 60.4 Å². The van der Waals surface area contributed by atoms with Gasteiger partial charge in [-0.05, 0) is 51.1 Å². The molecule has 0 aliphatic carbocycles. The van der Waals surface area contributed by atoms with Crippen molar-refractivity contribution in [2.24, 2.45) is 0 Å². The smallest absolute Gasteiger partial charge is 0.318 e. The SMILES string of the molecule is C=CC(=O)N1CCN(c2nc(OC[C@@H]3CCCN3C)nc3c2CCN(c2cccc4cccnc24)C3)CC1CC#N. The van der Waals surface area contributed by atoms with Crippen LogP contribution in [0.25, 0.3) is 10.9 Å². The van der Waals surface area contributed by atoms with Gasteiger partial charge in [-0.25, -0.2) is 0 Å². The van der Waals surface area contributed by atoms with Gasteiger partial charge in [0.05, 0.1) is 42.0 Å². The fourth-order valence-corrected chi connectivity index (χ4v) is 6.36. The van der Waals surface area contributed by atoms with Crippen molar-refractivity contribution < 1.29 is 9.53 Å². The number of carbonyl (C=O) groups is 1. The summed E-state index contributed by atoms with van der Waals surface area (Å²) in [5.41, 5.74) is 4.13. The maximum atomic E-state index is 12.5. The minimum Gasteiger partial charge on any atom is -0.462 e. The molecule has 0 saturated carbocycles. The summed E-state index contributed by atoms with van der Waals surface area (Å²) in [5, 5.41) is 10.6. The Morgan fingerprint density at radius 2 is 2.02 bits per heavy atom. The second-order valence-electron chi connectivity index (χ2n) is 11.1. The number of piperazine rings is 1. The number of hydrogen-bond acceptors (Lipinski definition) is 9. The van der Waals surface area contributed by atoms with E-state index in [-0.39, 0.29) is 18.4 Å². The molecule has 10 heteroatoms. The molecule has 2 atom stereocenters. The molecule has 5 heterocycles. The summed E-state index contributed by atoms with van der Waals surface area (Å²) in [4.78, 5) is 35.7. The van der Waals surface area contributed by atoms with Crippen molar-refractivity contribution in [3.8, 4) is 12.1 Å². The van der Waals surface area contributed by atoms with E-state index in [4.69, 9.17) is 14.7 Å². The highest BCUT2D eigenvalue weighted by Crippen LogP contribution is 2.34. The molecule has 41 heavy (non-hydrogen) atoms. The number of pyridine rings is 1. The second kappa shape index (κ2) is 11.7. The summed E-state index contributed by atoms with van der Waals surface area (Å²) in [6, 6.07) is 13.1. The highest BCUT2D eigenvalue weighted by Gasteiger charge is 2.33. The number of para-hydroxylation sites is 1. The van der Waals surface area contributed by atoms with Gasteiger partial charge in [0, 0.05) is 49.4 Å². The van der Waals surface area contributed by atoms with Crippen molar-refractivity contribution in [2.75, 3.05) is 56.2 Å². The number of carbonyl (C=O) groups excluding carboxylic acids is 1. The number of hydrogen-bond donors (Lipinski definition) is 0. The molecule has 2 saturated heterocycles. The van der Waals surface area contributed by atoms with E-state index >= 15 is 0 Å². The average Bonchev–Trinajstić information content (AvgIpc) is 3.43. The summed E-state index contributed by atoms with van der Waals surface area (Å²) in [6.45, 7) is 8.35. The molecule has 1 amide bonds. The molecule has 0 spiro atoms. The third-order valence-corrected chi connectivity index (χ3v) is 8.62. The number of aromatic nitrogens is 3. The number of ether oxygens (including phenoxy) is 1. The normalized spacial score (nSPS) is 21.0. The Morgan fingerprint density at radius 3 is 2.83 bits per heavy atom. The van der Waals surface area contributed by atoms with E-state index in [2.05, 4.69) is 63.6 Å². The molecule has 0 bridgehead atoms. The average molecular weight is 553 g/mol. The lowest BCUT2D eigenvalue weighted by Gasteiger charge is -2.42.